The van der Waals surface area contributed by atoms with Gasteiger partial charge in [0.25, 0.3) is 0 Å². The number of rotatable bonds is 3. The summed E-state index contributed by atoms with van der Waals surface area (Å²) in [5.41, 5.74) is 2.73. The van der Waals surface area contributed by atoms with E-state index < -0.39 is 0 Å². The van der Waals surface area contributed by atoms with Crippen molar-refractivity contribution in [3.8, 4) is 5.75 Å². The minimum absolute atomic E-state index is 0.401. The molecule has 1 saturated carbocycles. The quantitative estimate of drug-likeness (QED) is 0.878. The van der Waals surface area contributed by atoms with Crippen LogP contribution in [-0.2, 0) is 6.42 Å². The van der Waals surface area contributed by atoms with E-state index >= 15 is 0 Å². The molecule has 98 valence electrons. The Kier molecular flexibility index (Phi) is 3.53. The fourth-order valence-corrected chi connectivity index (χ4v) is 4.16. The van der Waals surface area contributed by atoms with Gasteiger partial charge >= 0.3 is 0 Å². The van der Waals surface area contributed by atoms with Crippen molar-refractivity contribution in [2.75, 3.05) is 6.26 Å². The lowest BCUT2D eigenvalue weighted by Crippen LogP contribution is -2.30. The molecule has 3 atom stereocenters. The van der Waals surface area contributed by atoms with Crippen LogP contribution >= 0.6 is 11.8 Å². The van der Waals surface area contributed by atoms with Gasteiger partial charge in [-0.1, -0.05) is 6.07 Å². The van der Waals surface area contributed by atoms with Crippen LogP contribution in [-0.4, -0.2) is 22.7 Å². The number of benzene rings is 1. The first-order chi connectivity index (χ1) is 8.76. The van der Waals surface area contributed by atoms with E-state index in [1.54, 1.807) is 0 Å². The number of fused-ring (bicyclic) bond motifs is 1. The van der Waals surface area contributed by atoms with Gasteiger partial charge in [-0.25, -0.2) is 0 Å². The Morgan fingerprint density at radius 1 is 1.28 bits per heavy atom. The first-order valence-corrected chi connectivity index (χ1v) is 8.15. The third kappa shape index (κ3) is 2.39. The van der Waals surface area contributed by atoms with Crippen LogP contribution in [0, 0.1) is 0 Å². The Labute approximate surface area is 113 Å². The molecule has 1 aromatic carbocycles. The van der Waals surface area contributed by atoms with Gasteiger partial charge in [-0.05, 0) is 61.6 Å². The Morgan fingerprint density at radius 3 is 2.94 bits per heavy atom. The molecule has 0 bridgehead atoms. The highest BCUT2D eigenvalue weighted by Gasteiger charge is 2.29. The summed E-state index contributed by atoms with van der Waals surface area (Å²) >= 11 is 2.01. The maximum Gasteiger partial charge on any atom is 0.115 e. The summed E-state index contributed by atoms with van der Waals surface area (Å²) in [6.07, 6.45) is 8.48. The van der Waals surface area contributed by atoms with Gasteiger partial charge in [0.05, 0.1) is 0 Å². The summed E-state index contributed by atoms with van der Waals surface area (Å²) in [5.74, 6) is 0.401. The molecule has 0 heterocycles. The van der Waals surface area contributed by atoms with E-state index in [0.29, 0.717) is 17.8 Å². The van der Waals surface area contributed by atoms with Crippen LogP contribution in [0.4, 0.5) is 0 Å². The Balaban J connectivity index is 1.66. The molecule has 2 aliphatic carbocycles. The third-order valence-electron chi connectivity index (χ3n) is 4.36. The Morgan fingerprint density at radius 2 is 2.17 bits per heavy atom. The lowest BCUT2D eigenvalue weighted by atomic mass is 10.1. The van der Waals surface area contributed by atoms with Gasteiger partial charge in [-0.15, -0.1) is 0 Å². The molecule has 2 N–H and O–H groups in total. The lowest BCUT2D eigenvalue weighted by molar-refractivity contribution is 0.438. The molecule has 0 amide bonds. The fourth-order valence-electron chi connectivity index (χ4n) is 3.37. The van der Waals surface area contributed by atoms with E-state index in [-0.39, 0.29) is 0 Å². The van der Waals surface area contributed by atoms with Crippen LogP contribution in [0.15, 0.2) is 18.2 Å². The molecular weight excluding hydrogens is 242 g/mol. The molecule has 0 aliphatic heterocycles. The standard InChI is InChI=1S/C15H21NOS/c1-18-13-5-3-11(9-13)16-15-7-2-10-8-12(17)4-6-14(10)15/h4,6,8,11,13,15-17H,2-3,5,7,9H2,1H3. The van der Waals surface area contributed by atoms with E-state index in [1.807, 2.05) is 23.9 Å². The smallest absolute Gasteiger partial charge is 0.115 e. The normalized spacial score (nSPS) is 30.6. The third-order valence-corrected chi connectivity index (χ3v) is 5.45. The largest absolute Gasteiger partial charge is 0.508 e. The molecule has 3 unspecified atom stereocenters. The topological polar surface area (TPSA) is 32.3 Å². The van der Waals surface area contributed by atoms with E-state index in [0.717, 1.165) is 11.7 Å². The van der Waals surface area contributed by atoms with Crippen LogP contribution < -0.4 is 5.32 Å². The zero-order valence-electron chi connectivity index (χ0n) is 10.9. The van der Waals surface area contributed by atoms with Gasteiger partial charge in [0.15, 0.2) is 0 Å². The monoisotopic (exact) mass is 263 g/mol. The Bertz CT molecular complexity index is 435. The summed E-state index contributed by atoms with van der Waals surface area (Å²) in [6, 6.07) is 7.03. The average Bonchev–Trinajstić information content (AvgIpc) is 2.97. The zero-order chi connectivity index (χ0) is 12.5. The minimum atomic E-state index is 0.401. The predicted molar refractivity (Wildman–Crippen MR) is 77.2 cm³/mol. The van der Waals surface area contributed by atoms with Crippen LogP contribution in [0.2, 0.25) is 0 Å². The van der Waals surface area contributed by atoms with Crippen LogP contribution in [0.1, 0.15) is 42.9 Å². The molecule has 0 aromatic heterocycles. The van der Waals surface area contributed by atoms with Gasteiger partial charge in [0.1, 0.15) is 5.75 Å². The molecule has 0 spiro atoms. The predicted octanol–water partition coefficient (Wildman–Crippen LogP) is 3.25. The molecule has 0 saturated heterocycles. The van der Waals surface area contributed by atoms with Crippen molar-refractivity contribution in [2.45, 2.75) is 49.4 Å². The van der Waals surface area contributed by atoms with Crippen LogP contribution in [0.5, 0.6) is 5.75 Å². The number of hydrogen-bond acceptors (Lipinski definition) is 3. The first kappa shape index (κ1) is 12.4. The van der Waals surface area contributed by atoms with E-state index in [2.05, 4.69) is 17.6 Å². The van der Waals surface area contributed by atoms with Crippen molar-refractivity contribution in [1.82, 2.24) is 5.32 Å². The van der Waals surface area contributed by atoms with Crippen LogP contribution in [0.25, 0.3) is 0 Å². The lowest BCUT2D eigenvalue weighted by Gasteiger charge is -2.20. The molecule has 1 aromatic rings. The number of nitrogens with one attached hydrogen (secondary N) is 1. The highest BCUT2D eigenvalue weighted by atomic mass is 32.2. The first-order valence-electron chi connectivity index (χ1n) is 6.87. The maximum atomic E-state index is 9.51. The summed E-state index contributed by atoms with van der Waals surface area (Å²) in [4.78, 5) is 0. The number of thioether (sulfide) groups is 1. The van der Waals surface area contributed by atoms with Crippen molar-refractivity contribution in [3.05, 3.63) is 29.3 Å². The molecule has 3 rings (SSSR count). The molecule has 1 fully saturated rings. The van der Waals surface area contributed by atoms with E-state index in [9.17, 15) is 5.11 Å². The second-order valence-electron chi connectivity index (χ2n) is 5.51. The SMILES string of the molecule is CSC1CCC(NC2CCc3cc(O)ccc32)C1. The fraction of sp³-hybridized carbons (Fsp3) is 0.600. The van der Waals surface area contributed by atoms with Crippen molar-refractivity contribution in [3.63, 3.8) is 0 Å². The second-order valence-corrected chi connectivity index (χ2v) is 6.65. The Hall–Kier alpha value is -0.670. The van der Waals surface area contributed by atoms with E-state index in [1.165, 1.54) is 36.8 Å². The van der Waals surface area contributed by atoms with Crippen molar-refractivity contribution in [2.24, 2.45) is 0 Å². The van der Waals surface area contributed by atoms with Crippen molar-refractivity contribution in [1.29, 1.82) is 0 Å². The number of phenolic OH excluding ortho intramolecular Hbond substituents is 1. The van der Waals surface area contributed by atoms with Crippen molar-refractivity contribution < 1.29 is 5.11 Å². The number of hydrogen-bond donors (Lipinski definition) is 2. The van der Waals surface area contributed by atoms with Crippen LogP contribution in [0.3, 0.4) is 0 Å². The number of aryl methyl sites for hydroxylation is 1. The van der Waals surface area contributed by atoms with E-state index in [4.69, 9.17) is 0 Å². The van der Waals surface area contributed by atoms with Gasteiger partial charge < -0.3 is 10.4 Å². The summed E-state index contributed by atoms with van der Waals surface area (Å²) in [7, 11) is 0. The molecular formula is C15H21NOS. The zero-order valence-corrected chi connectivity index (χ0v) is 11.7. The van der Waals surface area contributed by atoms with Gasteiger partial charge in [0, 0.05) is 17.3 Å². The minimum Gasteiger partial charge on any atom is -0.508 e. The summed E-state index contributed by atoms with van der Waals surface area (Å²) < 4.78 is 0. The summed E-state index contributed by atoms with van der Waals surface area (Å²) in [6.45, 7) is 0. The van der Waals surface area contributed by atoms with Crippen molar-refractivity contribution >= 4 is 11.8 Å². The number of aromatic hydroxyl groups is 1. The van der Waals surface area contributed by atoms with Gasteiger partial charge in [-0.2, -0.15) is 11.8 Å². The molecule has 2 nitrogen and oxygen atoms in total. The number of phenols is 1. The molecule has 2 aliphatic rings. The highest BCUT2D eigenvalue weighted by molar-refractivity contribution is 7.99. The molecule has 0 radical (unpaired) electrons. The highest BCUT2D eigenvalue weighted by Crippen LogP contribution is 2.36. The van der Waals surface area contributed by atoms with Gasteiger partial charge in [-0.3, -0.25) is 0 Å². The maximum absolute atomic E-state index is 9.51. The molecule has 18 heavy (non-hydrogen) atoms. The summed E-state index contributed by atoms with van der Waals surface area (Å²) in [5, 5.41) is 14.2. The average molecular weight is 263 g/mol. The molecule has 3 heteroatoms. The van der Waals surface area contributed by atoms with Gasteiger partial charge in [0.2, 0.25) is 0 Å². The second kappa shape index (κ2) is 5.14.